The lowest BCUT2D eigenvalue weighted by molar-refractivity contribution is -0.253. The van der Waals surface area contributed by atoms with E-state index in [1.54, 1.807) is 11.8 Å². The molecule has 5 aromatic rings. The molecule has 0 radical (unpaired) electrons. The van der Waals surface area contributed by atoms with Gasteiger partial charge in [-0.15, -0.1) is 11.8 Å². The van der Waals surface area contributed by atoms with Crippen LogP contribution in [0.2, 0.25) is 0 Å². The number of aryl methyl sites for hydroxylation is 2. The zero-order valence-electron chi connectivity index (χ0n) is 23.8. The zero-order chi connectivity index (χ0) is 28.2. The summed E-state index contributed by atoms with van der Waals surface area (Å²) in [5.41, 5.74) is 7.50. The lowest BCUT2D eigenvalue weighted by atomic mass is 9.75. The molecule has 2 atom stereocenters. The Morgan fingerprint density at radius 2 is 1.02 bits per heavy atom. The fourth-order valence-electron chi connectivity index (χ4n) is 5.81. The first kappa shape index (κ1) is 27.3. The van der Waals surface area contributed by atoms with Gasteiger partial charge in [-0.2, -0.15) is 5.06 Å². The van der Waals surface area contributed by atoms with Crippen molar-refractivity contribution in [1.82, 2.24) is 5.06 Å². The molecule has 2 nitrogen and oxygen atoms in total. The molecule has 3 heteroatoms. The Morgan fingerprint density at radius 1 is 0.561 bits per heavy atom. The maximum atomic E-state index is 7.23. The van der Waals surface area contributed by atoms with Gasteiger partial charge in [0.05, 0.1) is 6.04 Å². The molecule has 0 N–H and O–H groups in total. The van der Waals surface area contributed by atoms with Gasteiger partial charge >= 0.3 is 0 Å². The normalized spacial score (nSPS) is 17.4. The van der Waals surface area contributed by atoms with Gasteiger partial charge in [-0.3, -0.25) is 4.84 Å². The first-order valence-electron chi connectivity index (χ1n) is 14.1. The summed E-state index contributed by atoms with van der Waals surface area (Å²) in [4.78, 5) is 8.46. The minimum absolute atomic E-state index is 0.126. The van der Waals surface area contributed by atoms with Crippen molar-refractivity contribution < 1.29 is 4.84 Å². The quantitative estimate of drug-likeness (QED) is 0.113. The van der Waals surface area contributed by atoms with E-state index in [2.05, 4.69) is 171 Å². The summed E-state index contributed by atoms with van der Waals surface area (Å²) in [6.45, 7) is 4.28. The Balaban J connectivity index is 1.67. The van der Waals surface area contributed by atoms with Gasteiger partial charge in [0.2, 0.25) is 0 Å². The van der Waals surface area contributed by atoms with Crippen LogP contribution in [0, 0.1) is 13.8 Å². The van der Waals surface area contributed by atoms with Gasteiger partial charge in [0.15, 0.2) is 0 Å². The molecule has 5 aromatic carbocycles. The largest absolute Gasteiger partial charge is 0.284 e. The monoisotopic (exact) mass is 553 g/mol. The smallest absolute Gasteiger partial charge is 0.123 e. The van der Waals surface area contributed by atoms with Crippen LogP contribution in [0.1, 0.15) is 51.1 Å². The molecule has 2 unspecified atom stereocenters. The van der Waals surface area contributed by atoms with Gasteiger partial charge in [-0.25, -0.2) is 0 Å². The van der Waals surface area contributed by atoms with E-state index in [9.17, 15) is 0 Å². The highest BCUT2D eigenvalue weighted by Crippen LogP contribution is 2.50. The number of thioether (sulfide) groups is 1. The van der Waals surface area contributed by atoms with Gasteiger partial charge in [-0.05, 0) is 60.1 Å². The van der Waals surface area contributed by atoms with E-state index in [0.717, 1.165) is 22.3 Å². The van der Waals surface area contributed by atoms with Gasteiger partial charge in [0.25, 0.3) is 0 Å². The minimum Gasteiger partial charge on any atom is -0.284 e. The predicted molar refractivity (Wildman–Crippen MR) is 171 cm³/mol. The number of rotatable bonds is 7. The Morgan fingerprint density at radius 3 is 1.51 bits per heavy atom. The molecule has 0 bridgehead atoms. The van der Waals surface area contributed by atoms with Gasteiger partial charge in [0.1, 0.15) is 11.6 Å². The van der Waals surface area contributed by atoms with Crippen molar-refractivity contribution >= 4 is 11.8 Å². The number of hydrogen-bond acceptors (Lipinski definition) is 3. The molecule has 0 aromatic heterocycles. The Labute approximate surface area is 248 Å². The van der Waals surface area contributed by atoms with E-state index in [-0.39, 0.29) is 12.1 Å². The Kier molecular flexibility index (Phi) is 7.93. The van der Waals surface area contributed by atoms with E-state index < -0.39 is 5.54 Å². The van der Waals surface area contributed by atoms with Gasteiger partial charge in [0, 0.05) is 4.90 Å². The highest BCUT2D eigenvalue weighted by atomic mass is 32.2. The molecule has 0 fully saturated rings. The van der Waals surface area contributed by atoms with Crippen molar-refractivity contribution in [2.75, 3.05) is 6.26 Å². The van der Waals surface area contributed by atoms with Crippen LogP contribution < -0.4 is 0 Å². The van der Waals surface area contributed by atoms with Crippen LogP contribution in [0.5, 0.6) is 0 Å². The third-order valence-corrected chi connectivity index (χ3v) is 8.74. The van der Waals surface area contributed by atoms with Crippen LogP contribution in [0.15, 0.2) is 151 Å². The summed E-state index contributed by atoms with van der Waals surface area (Å²) in [5.74, 6) is 0. The van der Waals surface area contributed by atoms with E-state index in [4.69, 9.17) is 4.84 Å². The minimum atomic E-state index is -0.739. The SMILES string of the molecule is CSc1ccc(C(c2ccc(C)cc2)(c2ccc(C)cc2)N2OC(c3ccccc3)C=CC2c2ccccc2)cc1. The topological polar surface area (TPSA) is 12.5 Å². The zero-order valence-corrected chi connectivity index (χ0v) is 24.6. The molecule has 1 aliphatic rings. The summed E-state index contributed by atoms with van der Waals surface area (Å²) in [6, 6.07) is 47.9. The summed E-state index contributed by atoms with van der Waals surface area (Å²) in [7, 11) is 0. The van der Waals surface area contributed by atoms with Gasteiger partial charge < -0.3 is 0 Å². The van der Waals surface area contributed by atoms with E-state index in [1.807, 2.05) is 0 Å². The van der Waals surface area contributed by atoms with Crippen molar-refractivity contribution in [2.24, 2.45) is 0 Å². The lowest BCUT2D eigenvalue weighted by Gasteiger charge is -2.50. The summed E-state index contributed by atoms with van der Waals surface area (Å²) >= 11 is 1.76. The second-order valence-electron chi connectivity index (χ2n) is 10.7. The molecular weight excluding hydrogens is 518 g/mol. The second-order valence-corrected chi connectivity index (χ2v) is 11.6. The number of nitrogens with zero attached hydrogens (tertiary/aromatic N) is 1. The van der Waals surface area contributed by atoms with Gasteiger partial charge in [-0.1, -0.05) is 145 Å². The highest BCUT2D eigenvalue weighted by molar-refractivity contribution is 7.98. The molecule has 204 valence electrons. The maximum Gasteiger partial charge on any atom is 0.123 e. The fraction of sp³-hybridized carbons (Fsp3) is 0.158. The molecule has 0 spiro atoms. The molecule has 0 amide bonds. The van der Waals surface area contributed by atoms with Crippen LogP contribution in [-0.2, 0) is 10.4 Å². The maximum absolute atomic E-state index is 7.23. The van der Waals surface area contributed by atoms with Crippen molar-refractivity contribution in [3.63, 3.8) is 0 Å². The summed E-state index contributed by atoms with van der Waals surface area (Å²) in [5, 5.41) is 2.25. The molecule has 0 aliphatic carbocycles. The van der Waals surface area contributed by atoms with Crippen LogP contribution in [0.3, 0.4) is 0 Å². The Bertz CT molecular complexity index is 1550. The number of benzene rings is 5. The van der Waals surface area contributed by atoms with Crippen LogP contribution in [-0.4, -0.2) is 11.3 Å². The summed E-state index contributed by atoms with van der Waals surface area (Å²) < 4.78 is 0. The third-order valence-electron chi connectivity index (χ3n) is 7.99. The van der Waals surface area contributed by atoms with E-state index in [0.29, 0.717) is 0 Å². The summed E-state index contributed by atoms with van der Waals surface area (Å²) in [6.07, 6.45) is 6.41. The first-order valence-corrected chi connectivity index (χ1v) is 15.4. The van der Waals surface area contributed by atoms with Crippen molar-refractivity contribution in [3.8, 4) is 0 Å². The van der Waals surface area contributed by atoms with Crippen LogP contribution in [0.4, 0.5) is 0 Å². The van der Waals surface area contributed by atoms with Crippen molar-refractivity contribution in [1.29, 1.82) is 0 Å². The van der Waals surface area contributed by atoms with E-state index >= 15 is 0 Å². The molecule has 0 saturated carbocycles. The number of hydrogen-bond donors (Lipinski definition) is 0. The van der Waals surface area contributed by atoms with Crippen LogP contribution >= 0.6 is 11.8 Å². The molecule has 41 heavy (non-hydrogen) atoms. The average Bonchev–Trinajstić information content (AvgIpc) is 3.04. The molecule has 1 aliphatic heterocycles. The molecular formula is C38H35NOS. The van der Waals surface area contributed by atoms with Crippen LogP contribution in [0.25, 0.3) is 0 Å². The Hall–Kier alpha value is -3.89. The highest BCUT2D eigenvalue weighted by Gasteiger charge is 2.48. The van der Waals surface area contributed by atoms with Crippen molar-refractivity contribution in [2.45, 2.75) is 36.4 Å². The second kappa shape index (κ2) is 11.9. The lowest BCUT2D eigenvalue weighted by Crippen LogP contribution is -2.51. The van der Waals surface area contributed by atoms with E-state index in [1.165, 1.54) is 21.6 Å². The molecule has 0 saturated heterocycles. The first-order chi connectivity index (χ1) is 20.1. The third kappa shape index (κ3) is 5.29. The number of hydroxylamine groups is 2. The predicted octanol–water partition coefficient (Wildman–Crippen LogP) is 9.60. The molecule has 1 heterocycles. The van der Waals surface area contributed by atoms with Crippen molar-refractivity contribution in [3.05, 3.63) is 185 Å². The average molecular weight is 554 g/mol. The fourth-order valence-corrected chi connectivity index (χ4v) is 6.22. The standard InChI is InChI=1S/C38H35NOS/c1-28-14-18-32(19-15-28)38(33-20-16-29(2)17-21-33,34-22-24-35(41-3)25-23-34)39-36(30-10-6-4-7-11-30)26-27-37(40-39)31-12-8-5-9-13-31/h4-27,36-37H,1-3H3. The molecule has 6 rings (SSSR count).